The molecule has 0 radical (unpaired) electrons. The number of anilines is 2. The van der Waals surface area contributed by atoms with Gasteiger partial charge in [-0.25, -0.2) is 13.6 Å². The first-order valence-electron chi connectivity index (χ1n) is 6.52. The Bertz CT molecular complexity index is 544. The molecule has 6 nitrogen and oxygen atoms in total. The number of nitrogen functional groups attached to an aromatic ring is 1. The molecule has 0 saturated carbocycles. The van der Waals surface area contributed by atoms with Gasteiger partial charge in [0.1, 0.15) is 4.90 Å². The monoisotopic (exact) mass is 301 g/mol. The molecule has 0 amide bonds. The fraction of sp³-hybridized carbons (Fsp3) is 0.538. The molecule has 0 aliphatic carbocycles. The van der Waals surface area contributed by atoms with Crippen LogP contribution in [0, 0.1) is 5.92 Å². The summed E-state index contributed by atoms with van der Waals surface area (Å²) >= 11 is 0. The molecule has 1 aromatic rings. The van der Waals surface area contributed by atoms with Gasteiger partial charge in [0.25, 0.3) is 0 Å². The van der Waals surface area contributed by atoms with E-state index in [-0.39, 0.29) is 16.6 Å². The van der Waals surface area contributed by atoms with Crippen molar-refractivity contribution in [2.75, 3.05) is 24.3 Å². The minimum absolute atomic E-state index is 0.0612. The first-order chi connectivity index (χ1) is 9.25. The third-order valence-electron chi connectivity index (χ3n) is 2.97. The van der Waals surface area contributed by atoms with Crippen molar-refractivity contribution in [2.24, 2.45) is 11.1 Å². The predicted octanol–water partition coefficient (Wildman–Crippen LogP) is 1.39. The van der Waals surface area contributed by atoms with E-state index in [2.05, 4.69) is 19.2 Å². The van der Waals surface area contributed by atoms with E-state index < -0.39 is 10.0 Å². The van der Waals surface area contributed by atoms with Gasteiger partial charge in [-0.1, -0.05) is 13.8 Å². The van der Waals surface area contributed by atoms with Crippen molar-refractivity contribution in [1.29, 1.82) is 0 Å². The van der Waals surface area contributed by atoms with Gasteiger partial charge in [-0.15, -0.1) is 0 Å². The molecule has 1 atom stereocenters. The standard InChI is InChI=1S/C13H23N3O3S/c1-4-19-8-12(9(2)3)16-10-5-6-13(11(14)7-10)20(15,17)18/h5-7,9,12,16H,4,8,14H2,1-3H3,(H2,15,17,18). The highest BCUT2D eigenvalue weighted by Crippen LogP contribution is 2.22. The van der Waals surface area contributed by atoms with Crippen molar-refractivity contribution < 1.29 is 13.2 Å². The van der Waals surface area contributed by atoms with Crippen LogP contribution >= 0.6 is 0 Å². The van der Waals surface area contributed by atoms with E-state index in [0.717, 1.165) is 5.69 Å². The minimum Gasteiger partial charge on any atom is -0.398 e. The fourth-order valence-electron chi connectivity index (χ4n) is 1.76. The maximum Gasteiger partial charge on any atom is 0.240 e. The Morgan fingerprint density at radius 1 is 1.35 bits per heavy atom. The van der Waals surface area contributed by atoms with E-state index in [4.69, 9.17) is 15.6 Å². The Morgan fingerprint density at radius 3 is 2.45 bits per heavy atom. The first kappa shape index (κ1) is 16.7. The zero-order valence-corrected chi connectivity index (χ0v) is 12.9. The molecule has 0 saturated heterocycles. The van der Waals surface area contributed by atoms with E-state index in [1.807, 2.05) is 6.92 Å². The van der Waals surface area contributed by atoms with E-state index in [1.165, 1.54) is 6.07 Å². The van der Waals surface area contributed by atoms with Gasteiger partial charge in [0.2, 0.25) is 10.0 Å². The summed E-state index contributed by atoms with van der Waals surface area (Å²) in [7, 11) is -3.79. The van der Waals surface area contributed by atoms with Crippen LogP contribution in [0.4, 0.5) is 11.4 Å². The van der Waals surface area contributed by atoms with Crippen molar-refractivity contribution in [2.45, 2.75) is 31.7 Å². The zero-order valence-electron chi connectivity index (χ0n) is 12.1. The minimum atomic E-state index is -3.79. The number of nitrogens with one attached hydrogen (secondary N) is 1. The fourth-order valence-corrected chi connectivity index (χ4v) is 2.40. The van der Waals surface area contributed by atoms with Gasteiger partial charge in [0.15, 0.2) is 0 Å². The van der Waals surface area contributed by atoms with E-state index in [0.29, 0.717) is 19.1 Å². The topological polar surface area (TPSA) is 107 Å². The third kappa shape index (κ3) is 4.66. The number of hydrogen-bond acceptors (Lipinski definition) is 5. The van der Waals surface area contributed by atoms with Gasteiger partial charge in [0.05, 0.1) is 18.3 Å². The summed E-state index contributed by atoms with van der Waals surface area (Å²) in [5, 5.41) is 8.37. The molecule has 20 heavy (non-hydrogen) atoms. The molecule has 0 bridgehead atoms. The molecule has 0 aliphatic rings. The Balaban J connectivity index is 2.90. The number of hydrogen-bond donors (Lipinski definition) is 3. The summed E-state index contributed by atoms with van der Waals surface area (Å²) in [6, 6.07) is 4.75. The summed E-state index contributed by atoms with van der Waals surface area (Å²) in [5.74, 6) is 0.362. The number of benzene rings is 1. The molecule has 1 aromatic carbocycles. The van der Waals surface area contributed by atoms with Crippen molar-refractivity contribution in [1.82, 2.24) is 0 Å². The second-order valence-corrected chi connectivity index (χ2v) is 6.48. The summed E-state index contributed by atoms with van der Waals surface area (Å²) in [6.45, 7) is 7.33. The Kier molecular flexibility index (Phi) is 5.79. The van der Waals surface area contributed by atoms with Gasteiger partial charge in [-0.3, -0.25) is 0 Å². The number of rotatable bonds is 7. The first-order valence-corrected chi connectivity index (χ1v) is 8.07. The highest BCUT2D eigenvalue weighted by atomic mass is 32.2. The second kappa shape index (κ2) is 6.92. The van der Waals surface area contributed by atoms with Crippen LogP contribution in [0.2, 0.25) is 0 Å². The van der Waals surface area contributed by atoms with Gasteiger partial charge in [-0.2, -0.15) is 0 Å². The molecule has 1 unspecified atom stereocenters. The molecule has 0 aromatic heterocycles. The molecule has 0 heterocycles. The number of nitrogens with two attached hydrogens (primary N) is 2. The SMILES string of the molecule is CCOCC(Nc1ccc(S(N)(=O)=O)c(N)c1)C(C)C. The Morgan fingerprint density at radius 2 is 2.00 bits per heavy atom. The third-order valence-corrected chi connectivity index (χ3v) is 3.96. The molecule has 7 heteroatoms. The molecule has 114 valence electrons. The molecule has 5 N–H and O–H groups in total. The lowest BCUT2D eigenvalue weighted by atomic mass is 10.0. The number of sulfonamides is 1. The lowest BCUT2D eigenvalue weighted by Gasteiger charge is -2.23. The number of ether oxygens (including phenoxy) is 1. The van der Waals surface area contributed by atoms with E-state index in [1.54, 1.807) is 12.1 Å². The number of primary sulfonamides is 1. The Labute approximate surface area is 120 Å². The maximum atomic E-state index is 11.3. The summed E-state index contributed by atoms with van der Waals surface area (Å²) in [5.41, 5.74) is 6.61. The second-order valence-electron chi connectivity index (χ2n) is 4.95. The lowest BCUT2D eigenvalue weighted by molar-refractivity contribution is 0.127. The predicted molar refractivity (Wildman–Crippen MR) is 81.0 cm³/mol. The summed E-state index contributed by atoms with van der Waals surface area (Å²) in [6.07, 6.45) is 0. The quantitative estimate of drug-likeness (QED) is 0.660. The van der Waals surface area contributed by atoms with Crippen LogP contribution in [0.25, 0.3) is 0 Å². The van der Waals surface area contributed by atoms with Crippen LogP contribution in [0.15, 0.2) is 23.1 Å². The summed E-state index contributed by atoms with van der Waals surface area (Å²) in [4.78, 5) is -0.0612. The van der Waals surface area contributed by atoms with Crippen molar-refractivity contribution in [3.05, 3.63) is 18.2 Å². The van der Waals surface area contributed by atoms with Crippen LogP contribution in [0.1, 0.15) is 20.8 Å². The highest BCUT2D eigenvalue weighted by molar-refractivity contribution is 7.89. The molecular formula is C13H23N3O3S. The van der Waals surface area contributed by atoms with Crippen LogP contribution in [0.5, 0.6) is 0 Å². The van der Waals surface area contributed by atoms with Gasteiger partial charge in [0, 0.05) is 12.3 Å². The van der Waals surface area contributed by atoms with Gasteiger partial charge in [-0.05, 0) is 31.0 Å². The zero-order chi connectivity index (χ0) is 15.3. The molecule has 0 fully saturated rings. The summed E-state index contributed by atoms with van der Waals surface area (Å²) < 4.78 is 28.0. The average Bonchev–Trinajstić information content (AvgIpc) is 2.32. The highest BCUT2D eigenvalue weighted by Gasteiger charge is 2.16. The van der Waals surface area contributed by atoms with Crippen LogP contribution in [-0.2, 0) is 14.8 Å². The van der Waals surface area contributed by atoms with Gasteiger partial charge < -0.3 is 15.8 Å². The molecular weight excluding hydrogens is 278 g/mol. The van der Waals surface area contributed by atoms with Crippen LogP contribution in [0.3, 0.4) is 0 Å². The van der Waals surface area contributed by atoms with E-state index >= 15 is 0 Å². The average molecular weight is 301 g/mol. The van der Waals surface area contributed by atoms with Gasteiger partial charge >= 0.3 is 0 Å². The van der Waals surface area contributed by atoms with Crippen LogP contribution < -0.4 is 16.2 Å². The van der Waals surface area contributed by atoms with Crippen LogP contribution in [-0.4, -0.2) is 27.7 Å². The molecule has 1 rings (SSSR count). The molecule has 0 aliphatic heterocycles. The largest absolute Gasteiger partial charge is 0.398 e. The van der Waals surface area contributed by atoms with Crippen molar-refractivity contribution in [3.8, 4) is 0 Å². The van der Waals surface area contributed by atoms with Crippen molar-refractivity contribution in [3.63, 3.8) is 0 Å². The van der Waals surface area contributed by atoms with Crippen molar-refractivity contribution >= 4 is 21.4 Å². The Hall–Kier alpha value is -1.31. The van der Waals surface area contributed by atoms with E-state index in [9.17, 15) is 8.42 Å². The smallest absolute Gasteiger partial charge is 0.240 e. The lowest BCUT2D eigenvalue weighted by Crippen LogP contribution is -2.31. The normalized spacial score (nSPS) is 13.4. The molecule has 0 spiro atoms. The maximum absolute atomic E-state index is 11.3.